The minimum Gasteiger partial charge on any atom is -0.370 e. The molecule has 0 saturated carbocycles. The standard InChI is InChI=1S/C14H19N5/c1-10(2)18-14(15)16-9-11-3-5-12(6-4-11)13-7-8-17-19-13/h3-8,10H,9H2,1-2H3,(H,17,19)(H3,15,16,18). The molecule has 1 aromatic carbocycles. The molecular formula is C14H19N5. The molecule has 0 aliphatic carbocycles. The second-order valence-electron chi connectivity index (χ2n) is 4.67. The van der Waals surface area contributed by atoms with Crippen LogP contribution in [0.2, 0.25) is 0 Å². The summed E-state index contributed by atoms with van der Waals surface area (Å²) in [6, 6.07) is 10.4. The first-order chi connectivity index (χ1) is 9.15. The van der Waals surface area contributed by atoms with Crippen LogP contribution in [0, 0.1) is 0 Å². The van der Waals surface area contributed by atoms with Gasteiger partial charge in [-0.05, 0) is 31.0 Å². The van der Waals surface area contributed by atoms with Crippen molar-refractivity contribution in [3.05, 3.63) is 42.1 Å². The zero-order valence-corrected chi connectivity index (χ0v) is 11.2. The fourth-order valence-corrected chi connectivity index (χ4v) is 1.72. The molecule has 5 nitrogen and oxygen atoms in total. The third-order valence-electron chi connectivity index (χ3n) is 2.63. The predicted molar refractivity (Wildman–Crippen MR) is 77.6 cm³/mol. The van der Waals surface area contributed by atoms with Crippen molar-refractivity contribution in [3.63, 3.8) is 0 Å². The zero-order chi connectivity index (χ0) is 13.7. The number of hydrogen-bond acceptors (Lipinski definition) is 2. The van der Waals surface area contributed by atoms with E-state index in [-0.39, 0.29) is 0 Å². The number of H-pyrrole nitrogens is 1. The first-order valence-electron chi connectivity index (χ1n) is 6.30. The SMILES string of the molecule is CC(C)NC(N)=NCc1ccc(-c2ccn[nH]2)cc1. The van der Waals surface area contributed by atoms with Crippen LogP contribution in [0.3, 0.4) is 0 Å². The summed E-state index contributed by atoms with van der Waals surface area (Å²) in [6.07, 6.45) is 1.74. The Balaban J connectivity index is 1.99. The molecule has 0 unspecified atom stereocenters. The molecule has 4 N–H and O–H groups in total. The Hall–Kier alpha value is -2.30. The number of aromatic nitrogens is 2. The number of guanidine groups is 1. The molecule has 0 bridgehead atoms. The van der Waals surface area contributed by atoms with Crippen molar-refractivity contribution in [3.8, 4) is 11.3 Å². The first-order valence-corrected chi connectivity index (χ1v) is 6.30. The predicted octanol–water partition coefficient (Wildman–Crippen LogP) is 1.89. The molecule has 2 rings (SSSR count). The highest BCUT2D eigenvalue weighted by Crippen LogP contribution is 2.16. The van der Waals surface area contributed by atoms with E-state index in [1.165, 1.54) is 0 Å². The fraction of sp³-hybridized carbons (Fsp3) is 0.286. The lowest BCUT2D eigenvalue weighted by Gasteiger charge is -2.08. The molecule has 2 aromatic rings. The normalized spacial score (nSPS) is 11.8. The van der Waals surface area contributed by atoms with Gasteiger partial charge in [-0.3, -0.25) is 5.10 Å². The fourth-order valence-electron chi connectivity index (χ4n) is 1.72. The zero-order valence-electron chi connectivity index (χ0n) is 11.2. The summed E-state index contributed by atoms with van der Waals surface area (Å²) in [6.45, 7) is 4.64. The van der Waals surface area contributed by atoms with E-state index in [0.717, 1.165) is 16.8 Å². The third kappa shape index (κ3) is 3.84. The largest absolute Gasteiger partial charge is 0.370 e. The van der Waals surface area contributed by atoms with Gasteiger partial charge in [0.25, 0.3) is 0 Å². The van der Waals surface area contributed by atoms with Gasteiger partial charge in [0.1, 0.15) is 0 Å². The summed E-state index contributed by atoms with van der Waals surface area (Å²) in [5.74, 6) is 0.479. The Kier molecular flexibility index (Phi) is 4.18. The summed E-state index contributed by atoms with van der Waals surface area (Å²) in [7, 11) is 0. The lowest BCUT2D eigenvalue weighted by molar-refractivity contribution is 0.723. The van der Waals surface area contributed by atoms with E-state index in [4.69, 9.17) is 5.73 Å². The smallest absolute Gasteiger partial charge is 0.189 e. The number of hydrogen-bond donors (Lipinski definition) is 3. The Morgan fingerprint density at radius 1 is 1.32 bits per heavy atom. The monoisotopic (exact) mass is 257 g/mol. The number of nitrogens with two attached hydrogens (primary N) is 1. The maximum atomic E-state index is 5.76. The lowest BCUT2D eigenvalue weighted by Crippen LogP contribution is -2.36. The van der Waals surface area contributed by atoms with Gasteiger partial charge < -0.3 is 11.1 Å². The van der Waals surface area contributed by atoms with Crippen molar-refractivity contribution in [2.45, 2.75) is 26.4 Å². The maximum Gasteiger partial charge on any atom is 0.189 e. The number of nitrogens with zero attached hydrogens (tertiary/aromatic N) is 2. The van der Waals surface area contributed by atoms with Crippen LogP contribution in [0.4, 0.5) is 0 Å². The van der Waals surface area contributed by atoms with Gasteiger partial charge >= 0.3 is 0 Å². The van der Waals surface area contributed by atoms with Crippen molar-refractivity contribution in [1.82, 2.24) is 15.5 Å². The van der Waals surface area contributed by atoms with Crippen LogP contribution in [0.5, 0.6) is 0 Å². The highest BCUT2D eigenvalue weighted by Gasteiger charge is 1.99. The highest BCUT2D eigenvalue weighted by atomic mass is 15.1. The minimum absolute atomic E-state index is 0.298. The van der Waals surface area contributed by atoms with E-state index in [9.17, 15) is 0 Å². The molecule has 0 amide bonds. The Morgan fingerprint density at radius 3 is 2.63 bits per heavy atom. The average Bonchev–Trinajstić information content (AvgIpc) is 2.90. The number of rotatable bonds is 4. The van der Waals surface area contributed by atoms with E-state index in [0.29, 0.717) is 18.5 Å². The van der Waals surface area contributed by atoms with Crippen LogP contribution in [0.25, 0.3) is 11.3 Å². The maximum absolute atomic E-state index is 5.76. The number of aromatic amines is 1. The molecule has 0 radical (unpaired) electrons. The van der Waals surface area contributed by atoms with Gasteiger partial charge in [0.15, 0.2) is 5.96 Å². The van der Waals surface area contributed by atoms with Crippen LogP contribution >= 0.6 is 0 Å². The third-order valence-corrected chi connectivity index (χ3v) is 2.63. The highest BCUT2D eigenvalue weighted by molar-refractivity contribution is 5.78. The summed E-state index contributed by atoms with van der Waals surface area (Å²) >= 11 is 0. The Bertz CT molecular complexity index is 525. The Labute approximate surface area is 112 Å². The van der Waals surface area contributed by atoms with Gasteiger partial charge in [-0.15, -0.1) is 0 Å². The lowest BCUT2D eigenvalue weighted by atomic mass is 10.1. The number of aliphatic imine (C=N–C) groups is 1. The number of nitrogens with one attached hydrogen (secondary N) is 2. The molecule has 1 aromatic heterocycles. The van der Waals surface area contributed by atoms with Crippen LogP contribution in [0.1, 0.15) is 19.4 Å². The summed E-state index contributed by atoms with van der Waals surface area (Å²) in [4.78, 5) is 4.29. The van der Waals surface area contributed by atoms with Crippen molar-refractivity contribution in [2.24, 2.45) is 10.7 Å². The van der Waals surface area contributed by atoms with Gasteiger partial charge in [0.2, 0.25) is 0 Å². The molecule has 0 aliphatic heterocycles. The van der Waals surface area contributed by atoms with Crippen LogP contribution in [-0.4, -0.2) is 22.2 Å². The van der Waals surface area contributed by atoms with Gasteiger partial charge in [-0.1, -0.05) is 24.3 Å². The van der Waals surface area contributed by atoms with Crippen LogP contribution in [-0.2, 0) is 6.54 Å². The quantitative estimate of drug-likeness (QED) is 0.578. The van der Waals surface area contributed by atoms with Crippen LogP contribution in [0.15, 0.2) is 41.5 Å². The molecule has 5 heteroatoms. The molecular weight excluding hydrogens is 238 g/mol. The van der Waals surface area contributed by atoms with E-state index in [2.05, 4.69) is 20.5 Å². The molecule has 0 spiro atoms. The van der Waals surface area contributed by atoms with Crippen molar-refractivity contribution >= 4 is 5.96 Å². The van der Waals surface area contributed by atoms with E-state index < -0.39 is 0 Å². The molecule has 100 valence electrons. The Morgan fingerprint density at radius 2 is 2.05 bits per heavy atom. The molecule has 0 fully saturated rings. The molecule has 0 aliphatic rings. The second-order valence-corrected chi connectivity index (χ2v) is 4.67. The second kappa shape index (κ2) is 6.04. The summed E-state index contributed by atoms with van der Waals surface area (Å²) in [5, 5.41) is 9.93. The van der Waals surface area contributed by atoms with E-state index >= 15 is 0 Å². The van der Waals surface area contributed by atoms with Crippen molar-refractivity contribution in [2.75, 3.05) is 0 Å². The number of benzene rings is 1. The van der Waals surface area contributed by atoms with Gasteiger partial charge in [-0.25, -0.2) is 4.99 Å². The minimum atomic E-state index is 0.298. The van der Waals surface area contributed by atoms with Gasteiger partial charge in [0, 0.05) is 12.2 Å². The van der Waals surface area contributed by atoms with Crippen molar-refractivity contribution in [1.29, 1.82) is 0 Å². The average molecular weight is 257 g/mol. The topological polar surface area (TPSA) is 79.1 Å². The van der Waals surface area contributed by atoms with E-state index in [1.54, 1.807) is 6.20 Å². The van der Waals surface area contributed by atoms with Crippen LogP contribution < -0.4 is 11.1 Å². The van der Waals surface area contributed by atoms with Gasteiger partial charge in [-0.2, -0.15) is 5.10 Å². The summed E-state index contributed by atoms with van der Waals surface area (Å²) < 4.78 is 0. The summed E-state index contributed by atoms with van der Waals surface area (Å²) in [5.41, 5.74) is 9.00. The van der Waals surface area contributed by atoms with Gasteiger partial charge in [0.05, 0.1) is 12.2 Å². The molecule has 19 heavy (non-hydrogen) atoms. The molecule has 1 heterocycles. The molecule has 0 saturated heterocycles. The first kappa shape index (κ1) is 13.1. The van der Waals surface area contributed by atoms with Crippen molar-refractivity contribution < 1.29 is 0 Å². The molecule has 0 atom stereocenters. The van der Waals surface area contributed by atoms with E-state index in [1.807, 2.05) is 44.2 Å².